The second-order valence-corrected chi connectivity index (χ2v) is 7.36. The van der Waals surface area contributed by atoms with Crippen molar-refractivity contribution in [2.24, 2.45) is 0 Å². The van der Waals surface area contributed by atoms with Gasteiger partial charge in [0.15, 0.2) is 5.82 Å². The Kier molecular flexibility index (Phi) is 4.63. The molecule has 0 amide bonds. The van der Waals surface area contributed by atoms with Gasteiger partial charge in [0.1, 0.15) is 17.4 Å². The number of rotatable bonds is 3. The van der Waals surface area contributed by atoms with Crippen LogP contribution < -0.4 is 9.64 Å². The zero-order valence-electron chi connectivity index (χ0n) is 14.7. The lowest BCUT2D eigenvalue weighted by atomic mass is 10.1. The van der Waals surface area contributed by atoms with Gasteiger partial charge in [-0.2, -0.15) is 11.8 Å². The number of hydrogen-bond donors (Lipinski definition) is 0. The van der Waals surface area contributed by atoms with Gasteiger partial charge in [-0.3, -0.25) is 0 Å². The Bertz CT molecular complexity index is 960. The van der Waals surface area contributed by atoms with E-state index in [0.29, 0.717) is 22.7 Å². The van der Waals surface area contributed by atoms with Crippen molar-refractivity contribution in [3.63, 3.8) is 0 Å². The SMILES string of the molecule is COc1cc(N2CCSCC2)ncc1-c1nc(C)c2ccc(F)cc2n1. The number of pyridine rings is 1. The molecule has 4 rings (SSSR count). The molecule has 0 bridgehead atoms. The second-order valence-electron chi connectivity index (χ2n) is 6.14. The van der Waals surface area contributed by atoms with E-state index in [4.69, 9.17) is 4.74 Å². The highest BCUT2D eigenvalue weighted by Crippen LogP contribution is 2.32. The molecule has 2 aromatic heterocycles. The van der Waals surface area contributed by atoms with Crippen molar-refractivity contribution in [2.45, 2.75) is 6.92 Å². The lowest BCUT2D eigenvalue weighted by Crippen LogP contribution is -2.33. The molecule has 1 aliphatic rings. The van der Waals surface area contributed by atoms with Crippen LogP contribution in [0.2, 0.25) is 0 Å². The fraction of sp³-hybridized carbons (Fsp3) is 0.316. The highest BCUT2D eigenvalue weighted by Gasteiger charge is 2.17. The van der Waals surface area contributed by atoms with Gasteiger partial charge in [0.05, 0.1) is 18.2 Å². The number of thioether (sulfide) groups is 1. The molecule has 0 unspecified atom stereocenters. The van der Waals surface area contributed by atoms with Gasteiger partial charge in [-0.25, -0.2) is 19.3 Å². The number of anilines is 1. The zero-order valence-corrected chi connectivity index (χ0v) is 15.5. The van der Waals surface area contributed by atoms with Crippen molar-refractivity contribution >= 4 is 28.5 Å². The van der Waals surface area contributed by atoms with Crippen molar-refractivity contribution in [3.05, 3.63) is 42.0 Å². The van der Waals surface area contributed by atoms with Crippen molar-refractivity contribution in [2.75, 3.05) is 36.6 Å². The van der Waals surface area contributed by atoms with Gasteiger partial charge >= 0.3 is 0 Å². The highest BCUT2D eigenvalue weighted by atomic mass is 32.2. The fourth-order valence-corrected chi connectivity index (χ4v) is 4.01. The van der Waals surface area contributed by atoms with E-state index in [2.05, 4.69) is 19.9 Å². The lowest BCUT2D eigenvalue weighted by Gasteiger charge is -2.27. The van der Waals surface area contributed by atoms with Gasteiger partial charge in [-0.05, 0) is 19.1 Å². The number of fused-ring (bicyclic) bond motifs is 1. The summed E-state index contributed by atoms with van der Waals surface area (Å²) >= 11 is 1.96. The number of hydrogen-bond acceptors (Lipinski definition) is 6. The molecular formula is C19H19FN4OS. The number of benzene rings is 1. The van der Waals surface area contributed by atoms with Gasteiger partial charge in [-0.1, -0.05) is 0 Å². The number of nitrogens with zero attached hydrogens (tertiary/aromatic N) is 4. The van der Waals surface area contributed by atoms with E-state index in [-0.39, 0.29) is 5.82 Å². The zero-order chi connectivity index (χ0) is 18.1. The molecule has 1 fully saturated rings. The predicted octanol–water partition coefficient (Wildman–Crippen LogP) is 3.70. The summed E-state index contributed by atoms with van der Waals surface area (Å²) in [6, 6.07) is 6.48. The standard InChI is InChI=1S/C19H19FN4OS/c1-12-14-4-3-13(20)9-16(14)23-19(22-12)15-11-21-18(10-17(15)25-2)24-5-7-26-8-6-24/h3-4,9-11H,5-8H2,1-2H3. The molecule has 134 valence electrons. The first-order valence-corrected chi connectivity index (χ1v) is 9.62. The molecule has 0 N–H and O–H groups in total. The Morgan fingerprint density at radius 1 is 1.15 bits per heavy atom. The maximum absolute atomic E-state index is 13.6. The van der Waals surface area contributed by atoms with E-state index in [0.717, 1.165) is 41.5 Å². The maximum atomic E-state index is 13.6. The molecule has 3 heterocycles. The first-order valence-electron chi connectivity index (χ1n) is 8.47. The lowest BCUT2D eigenvalue weighted by molar-refractivity contribution is 0.415. The third kappa shape index (κ3) is 3.19. The summed E-state index contributed by atoms with van der Waals surface area (Å²) in [5.41, 5.74) is 2.08. The Labute approximate surface area is 155 Å². The molecule has 0 aliphatic carbocycles. The summed E-state index contributed by atoms with van der Waals surface area (Å²) in [7, 11) is 1.63. The van der Waals surface area contributed by atoms with Gasteiger partial charge in [0.25, 0.3) is 0 Å². The Morgan fingerprint density at radius 2 is 1.96 bits per heavy atom. The Hall–Kier alpha value is -2.41. The molecule has 5 nitrogen and oxygen atoms in total. The highest BCUT2D eigenvalue weighted by molar-refractivity contribution is 7.99. The molecule has 0 radical (unpaired) electrons. The number of aromatic nitrogens is 3. The number of aryl methyl sites for hydroxylation is 1. The molecule has 0 spiro atoms. The van der Waals surface area contributed by atoms with Crippen molar-refractivity contribution < 1.29 is 9.13 Å². The van der Waals surface area contributed by atoms with Crippen LogP contribution in [0, 0.1) is 12.7 Å². The van der Waals surface area contributed by atoms with Crippen LogP contribution in [0.15, 0.2) is 30.5 Å². The van der Waals surface area contributed by atoms with E-state index in [1.807, 2.05) is 24.8 Å². The Morgan fingerprint density at radius 3 is 2.73 bits per heavy atom. The molecule has 1 aromatic carbocycles. The number of methoxy groups -OCH3 is 1. The average molecular weight is 370 g/mol. The molecule has 26 heavy (non-hydrogen) atoms. The second kappa shape index (κ2) is 7.07. The Balaban J connectivity index is 1.78. The molecule has 1 saturated heterocycles. The van der Waals surface area contributed by atoms with E-state index in [1.165, 1.54) is 12.1 Å². The number of halogens is 1. The predicted molar refractivity (Wildman–Crippen MR) is 104 cm³/mol. The molecule has 1 aliphatic heterocycles. The molecular weight excluding hydrogens is 351 g/mol. The average Bonchev–Trinajstić information content (AvgIpc) is 2.67. The normalized spacial score (nSPS) is 14.7. The third-order valence-electron chi connectivity index (χ3n) is 4.50. The fourth-order valence-electron chi connectivity index (χ4n) is 3.11. The van der Waals surface area contributed by atoms with Gasteiger partial charge in [0.2, 0.25) is 0 Å². The van der Waals surface area contributed by atoms with E-state index in [1.54, 1.807) is 19.4 Å². The topological polar surface area (TPSA) is 51.1 Å². The van der Waals surface area contributed by atoms with Crippen LogP contribution >= 0.6 is 11.8 Å². The van der Waals surface area contributed by atoms with Gasteiger partial charge in [0, 0.05) is 54.0 Å². The molecule has 7 heteroatoms. The van der Waals surface area contributed by atoms with E-state index in [9.17, 15) is 4.39 Å². The maximum Gasteiger partial charge on any atom is 0.165 e. The largest absolute Gasteiger partial charge is 0.496 e. The third-order valence-corrected chi connectivity index (χ3v) is 5.44. The van der Waals surface area contributed by atoms with Crippen molar-refractivity contribution in [3.8, 4) is 17.1 Å². The van der Waals surface area contributed by atoms with Crippen molar-refractivity contribution in [1.82, 2.24) is 15.0 Å². The first-order chi connectivity index (χ1) is 12.7. The summed E-state index contributed by atoms with van der Waals surface area (Å²) in [5, 5.41) is 0.838. The molecule has 0 saturated carbocycles. The summed E-state index contributed by atoms with van der Waals surface area (Å²) < 4.78 is 19.2. The van der Waals surface area contributed by atoms with Crippen LogP contribution in [0.3, 0.4) is 0 Å². The quantitative estimate of drug-likeness (QED) is 0.701. The monoisotopic (exact) mass is 370 g/mol. The van der Waals surface area contributed by atoms with Crippen LogP contribution in [0.25, 0.3) is 22.3 Å². The smallest absolute Gasteiger partial charge is 0.165 e. The summed E-state index contributed by atoms with van der Waals surface area (Å²) in [6.07, 6.45) is 1.75. The molecule has 3 aromatic rings. The van der Waals surface area contributed by atoms with Gasteiger partial charge < -0.3 is 9.64 Å². The minimum atomic E-state index is -0.315. The minimum Gasteiger partial charge on any atom is -0.496 e. The summed E-state index contributed by atoms with van der Waals surface area (Å²) in [6.45, 7) is 3.85. The van der Waals surface area contributed by atoms with Crippen LogP contribution in [0.5, 0.6) is 5.75 Å². The van der Waals surface area contributed by atoms with Crippen LogP contribution in [-0.4, -0.2) is 46.7 Å². The van der Waals surface area contributed by atoms with E-state index < -0.39 is 0 Å². The first kappa shape index (κ1) is 17.0. The minimum absolute atomic E-state index is 0.315. The number of ether oxygens (including phenoxy) is 1. The van der Waals surface area contributed by atoms with Gasteiger partial charge in [-0.15, -0.1) is 0 Å². The van der Waals surface area contributed by atoms with E-state index >= 15 is 0 Å². The summed E-state index contributed by atoms with van der Waals surface area (Å²) in [5.74, 6) is 3.95. The molecule has 0 atom stereocenters. The van der Waals surface area contributed by atoms with Crippen LogP contribution in [0.1, 0.15) is 5.69 Å². The summed E-state index contributed by atoms with van der Waals surface area (Å²) in [4.78, 5) is 16.0. The van der Waals surface area contributed by atoms with Crippen molar-refractivity contribution in [1.29, 1.82) is 0 Å². The van der Waals surface area contributed by atoms with Crippen LogP contribution in [0.4, 0.5) is 10.2 Å². The van der Waals surface area contributed by atoms with Crippen LogP contribution in [-0.2, 0) is 0 Å².